The van der Waals surface area contributed by atoms with Crippen LogP contribution in [0, 0.1) is 0 Å². The van der Waals surface area contributed by atoms with Gasteiger partial charge in [-0.05, 0) is 36.6 Å². The fraction of sp³-hybridized carbons (Fsp3) is 0.462. The Hall–Kier alpha value is -1.36. The van der Waals surface area contributed by atoms with Crippen molar-refractivity contribution in [3.8, 4) is 0 Å². The van der Waals surface area contributed by atoms with Crippen LogP contribution in [0.5, 0.6) is 0 Å². The molecule has 5 heteroatoms. The van der Waals surface area contributed by atoms with Crippen LogP contribution in [0.3, 0.4) is 0 Å². The van der Waals surface area contributed by atoms with E-state index in [1.165, 1.54) is 5.56 Å². The van der Waals surface area contributed by atoms with Gasteiger partial charge in [0.05, 0.1) is 0 Å². The van der Waals surface area contributed by atoms with E-state index in [1.807, 2.05) is 18.2 Å². The third-order valence-corrected chi connectivity index (χ3v) is 3.83. The predicted molar refractivity (Wildman–Crippen MR) is 74.5 cm³/mol. The molecular weight excluding hydrogens is 248 g/mol. The number of hydrogen-bond donors (Lipinski definition) is 2. The van der Waals surface area contributed by atoms with Gasteiger partial charge in [-0.2, -0.15) is 0 Å². The van der Waals surface area contributed by atoms with Gasteiger partial charge in [0.25, 0.3) is 5.91 Å². The first-order chi connectivity index (χ1) is 8.66. The molecule has 2 rings (SSSR count). The lowest BCUT2D eigenvalue weighted by atomic mass is 10.1. The maximum Gasteiger partial charge on any atom is 0.251 e. The lowest BCUT2D eigenvalue weighted by Crippen LogP contribution is -2.25. The van der Waals surface area contributed by atoms with E-state index in [1.54, 1.807) is 6.26 Å². The van der Waals surface area contributed by atoms with Crippen molar-refractivity contribution in [3.05, 3.63) is 29.3 Å². The Balaban J connectivity index is 1.87. The highest BCUT2D eigenvalue weighted by Gasteiger charge is 2.12. The number of nitrogens with one attached hydrogen (secondary N) is 2. The first-order valence-electron chi connectivity index (χ1n) is 6.12. The minimum absolute atomic E-state index is 0.0495. The van der Waals surface area contributed by atoms with Gasteiger partial charge >= 0.3 is 0 Å². The summed E-state index contributed by atoms with van der Waals surface area (Å²) >= 11 is 0. The van der Waals surface area contributed by atoms with Gasteiger partial charge in [-0.15, -0.1) is 0 Å². The zero-order chi connectivity index (χ0) is 13.0. The second-order valence-electron chi connectivity index (χ2n) is 4.44. The second kappa shape index (κ2) is 6.00. The molecule has 1 aliphatic heterocycles. The Morgan fingerprint density at radius 3 is 3.11 bits per heavy atom. The van der Waals surface area contributed by atoms with E-state index in [9.17, 15) is 9.00 Å². The van der Waals surface area contributed by atoms with Gasteiger partial charge in [0.15, 0.2) is 0 Å². The second-order valence-corrected chi connectivity index (χ2v) is 5.99. The fourth-order valence-electron chi connectivity index (χ4n) is 2.03. The van der Waals surface area contributed by atoms with Gasteiger partial charge in [0.2, 0.25) is 0 Å². The molecule has 0 saturated carbocycles. The summed E-state index contributed by atoms with van der Waals surface area (Å²) < 4.78 is 10.9. The quantitative estimate of drug-likeness (QED) is 0.786. The topological polar surface area (TPSA) is 58.2 Å². The van der Waals surface area contributed by atoms with Gasteiger partial charge in [-0.25, -0.2) is 0 Å². The molecule has 18 heavy (non-hydrogen) atoms. The van der Waals surface area contributed by atoms with Crippen molar-refractivity contribution in [3.63, 3.8) is 0 Å². The molecule has 1 atom stereocenters. The average Bonchev–Trinajstić information content (AvgIpc) is 2.81. The Bertz CT molecular complexity index is 474. The molecular formula is C13H18N2O2S. The highest BCUT2D eigenvalue weighted by atomic mass is 32.2. The van der Waals surface area contributed by atoms with E-state index in [2.05, 4.69) is 10.6 Å². The van der Waals surface area contributed by atoms with E-state index in [0.29, 0.717) is 17.9 Å². The third kappa shape index (κ3) is 3.32. The Morgan fingerprint density at radius 1 is 1.50 bits per heavy atom. The summed E-state index contributed by atoms with van der Waals surface area (Å²) in [6.45, 7) is 1.52. The lowest BCUT2D eigenvalue weighted by molar-refractivity contribution is 0.0953. The van der Waals surface area contributed by atoms with Gasteiger partial charge in [-0.3, -0.25) is 9.00 Å². The number of rotatable bonds is 5. The molecule has 1 unspecified atom stereocenters. The molecule has 0 aliphatic carbocycles. The minimum Gasteiger partial charge on any atom is -0.384 e. The number of hydrogen-bond acceptors (Lipinski definition) is 3. The summed E-state index contributed by atoms with van der Waals surface area (Å²) in [5.74, 6) is 0.584. The van der Waals surface area contributed by atoms with Crippen LogP contribution in [0.25, 0.3) is 0 Å². The third-order valence-electron chi connectivity index (χ3n) is 2.97. The highest BCUT2D eigenvalue weighted by molar-refractivity contribution is 7.84. The Kier molecular flexibility index (Phi) is 4.36. The molecule has 1 aliphatic rings. The zero-order valence-electron chi connectivity index (χ0n) is 10.5. The Morgan fingerprint density at radius 2 is 2.33 bits per heavy atom. The molecule has 98 valence electrons. The average molecular weight is 266 g/mol. The summed E-state index contributed by atoms with van der Waals surface area (Å²) in [6, 6.07) is 5.74. The van der Waals surface area contributed by atoms with Gasteiger partial charge < -0.3 is 10.6 Å². The maximum absolute atomic E-state index is 11.9. The molecule has 1 heterocycles. The molecule has 4 nitrogen and oxygen atoms in total. The monoisotopic (exact) mass is 266 g/mol. The van der Waals surface area contributed by atoms with Crippen molar-refractivity contribution >= 4 is 22.4 Å². The Labute approximate surface area is 110 Å². The number of anilines is 1. The van der Waals surface area contributed by atoms with Crippen molar-refractivity contribution in [2.45, 2.75) is 12.8 Å². The van der Waals surface area contributed by atoms with E-state index in [0.717, 1.165) is 25.1 Å². The molecule has 1 amide bonds. The predicted octanol–water partition coefficient (Wildman–Crippen LogP) is 1.15. The highest BCUT2D eigenvalue weighted by Crippen LogP contribution is 2.22. The van der Waals surface area contributed by atoms with E-state index >= 15 is 0 Å². The van der Waals surface area contributed by atoms with E-state index in [4.69, 9.17) is 0 Å². The number of carbonyl (C=O) groups is 1. The molecule has 2 N–H and O–H groups in total. The standard InChI is InChI=1S/C13H18N2O2S/c1-18(17)8-2-6-15-13(16)11-3-4-12-10(9-11)5-7-14-12/h3-4,9,14H,2,5-8H2,1H3,(H,15,16). The van der Waals surface area contributed by atoms with Crippen molar-refractivity contribution in [1.82, 2.24) is 5.32 Å². The van der Waals surface area contributed by atoms with Crippen LogP contribution < -0.4 is 10.6 Å². The minimum atomic E-state index is -0.784. The van der Waals surface area contributed by atoms with Gasteiger partial charge in [-0.1, -0.05) is 0 Å². The van der Waals surface area contributed by atoms with Crippen LogP contribution in [0.2, 0.25) is 0 Å². The van der Waals surface area contributed by atoms with Gasteiger partial charge in [0, 0.05) is 47.1 Å². The zero-order valence-corrected chi connectivity index (χ0v) is 11.3. The number of amides is 1. The SMILES string of the molecule is CS(=O)CCCNC(=O)c1ccc2c(c1)CCN2. The normalized spacial score (nSPS) is 14.7. The smallest absolute Gasteiger partial charge is 0.251 e. The van der Waals surface area contributed by atoms with E-state index < -0.39 is 10.8 Å². The molecule has 0 aromatic heterocycles. The van der Waals surface area contributed by atoms with Crippen LogP contribution in [-0.4, -0.2) is 35.2 Å². The van der Waals surface area contributed by atoms with Crippen LogP contribution >= 0.6 is 0 Å². The number of benzene rings is 1. The van der Waals surface area contributed by atoms with Crippen LogP contribution in [0.4, 0.5) is 5.69 Å². The van der Waals surface area contributed by atoms with Crippen LogP contribution in [0.1, 0.15) is 22.3 Å². The molecule has 1 aromatic rings. The van der Waals surface area contributed by atoms with Crippen LogP contribution in [0.15, 0.2) is 18.2 Å². The first-order valence-corrected chi connectivity index (χ1v) is 7.84. The summed E-state index contributed by atoms with van der Waals surface area (Å²) in [5, 5.41) is 6.12. The summed E-state index contributed by atoms with van der Waals surface area (Å²) in [6.07, 6.45) is 3.40. The van der Waals surface area contributed by atoms with Crippen molar-refractivity contribution in [1.29, 1.82) is 0 Å². The van der Waals surface area contributed by atoms with E-state index in [-0.39, 0.29) is 5.91 Å². The molecule has 0 radical (unpaired) electrons. The maximum atomic E-state index is 11.9. The number of fused-ring (bicyclic) bond motifs is 1. The summed E-state index contributed by atoms with van der Waals surface area (Å²) in [5.41, 5.74) is 3.04. The summed E-state index contributed by atoms with van der Waals surface area (Å²) in [7, 11) is -0.784. The van der Waals surface area contributed by atoms with Crippen LogP contribution in [-0.2, 0) is 17.2 Å². The van der Waals surface area contributed by atoms with Crippen molar-refractivity contribution < 1.29 is 9.00 Å². The molecule has 0 bridgehead atoms. The van der Waals surface area contributed by atoms with Crippen molar-refractivity contribution in [2.75, 3.05) is 30.4 Å². The molecule has 0 spiro atoms. The molecule has 1 aromatic carbocycles. The lowest BCUT2D eigenvalue weighted by Gasteiger charge is -2.06. The number of carbonyl (C=O) groups excluding carboxylic acids is 1. The van der Waals surface area contributed by atoms with Gasteiger partial charge in [0.1, 0.15) is 0 Å². The summed E-state index contributed by atoms with van der Waals surface area (Å²) in [4.78, 5) is 11.9. The fourth-order valence-corrected chi connectivity index (χ4v) is 2.58. The molecule has 0 fully saturated rings. The first kappa shape index (κ1) is 13.1. The van der Waals surface area contributed by atoms with Crippen molar-refractivity contribution in [2.24, 2.45) is 0 Å². The largest absolute Gasteiger partial charge is 0.384 e. The molecule has 0 saturated heterocycles.